The summed E-state index contributed by atoms with van der Waals surface area (Å²) in [7, 11) is -3.48. The van der Waals surface area contributed by atoms with Gasteiger partial charge in [0.15, 0.2) is 0 Å². The number of hydrogen-bond acceptors (Lipinski definition) is 4. The third-order valence-corrected chi connectivity index (χ3v) is 5.85. The first-order valence-corrected chi connectivity index (χ1v) is 9.24. The number of hydrogen-bond donors (Lipinski definition) is 2. The van der Waals surface area contributed by atoms with Crippen LogP contribution < -0.4 is 10.0 Å². The van der Waals surface area contributed by atoms with E-state index in [4.69, 9.17) is 0 Å². The molecule has 1 heterocycles. The average molecular weight is 324 g/mol. The molecule has 2 aromatic rings. The number of nitrogens with one attached hydrogen (secondary N) is 2. The summed E-state index contributed by atoms with van der Waals surface area (Å²) < 4.78 is 27.3. The van der Waals surface area contributed by atoms with Crippen molar-refractivity contribution >= 4 is 32.7 Å². The molecule has 6 heteroatoms. The van der Waals surface area contributed by atoms with Gasteiger partial charge in [-0.2, -0.15) is 0 Å². The first-order valence-electron chi connectivity index (χ1n) is 6.94. The van der Waals surface area contributed by atoms with Crippen LogP contribution in [0.25, 0.3) is 0 Å². The summed E-state index contributed by atoms with van der Waals surface area (Å²) in [4.78, 5) is 0.978. The van der Waals surface area contributed by atoms with Crippen molar-refractivity contribution in [1.29, 1.82) is 0 Å². The van der Waals surface area contributed by atoms with E-state index in [1.807, 2.05) is 19.1 Å². The molecular weight excluding hydrogens is 304 g/mol. The Balaban J connectivity index is 2.03. The molecule has 1 aromatic heterocycles. The molecule has 2 N–H and O–H groups in total. The lowest BCUT2D eigenvalue weighted by Gasteiger charge is -2.09. The summed E-state index contributed by atoms with van der Waals surface area (Å²) in [5.74, 6) is 0. The largest absolute Gasteiger partial charge is 0.385 e. The molecule has 0 radical (unpaired) electrons. The van der Waals surface area contributed by atoms with Gasteiger partial charge in [-0.1, -0.05) is 13.3 Å². The fourth-order valence-corrected chi connectivity index (χ4v) is 4.17. The summed E-state index contributed by atoms with van der Waals surface area (Å²) >= 11 is 1.27. The Kier molecular flexibility index (Phi) is 5.25. The van der Waals surface area contributed by atoms with Gasteiger partial charge in [-0.05, 0) is 49.7 Å². The van der Waals surface area contributed by atoms with Crippen LogP contribution in [-0.4, -0.2) is 15.0 Å². The lowest BCUT2D eigenvalue weighted by Crippen LogP contribution is -2.11. The highest BCUT2D eigenvalue weighted by atomic mass is 32.2. The maximum absolute atomic E-state index is 12.2. The second-order valence-corrected chi connectivity index (χ2v) is 8.03. The summed E-state index contributed by atoms with van der Waals surface area (Å²) in [5.41, 5.74) is 1.57. The number of benzene rings is 1. The highest BCUT2D eigenvalue weighted by Crippen LogP contribution is 2.24. The minimum absolute atomic E-state index is 0.338. The van der Waals surface area contributed by atoms with E-state index < -0.39 is 10.0 Å². The first kappa shape index (κ1) is 15.9. The molecule has 0 saturated carbocycles. The number of sulfonamides is 1. The molecule has 0 fully saturated rings. The number of rotatable bonds is 7. The average Bonchev–Trinajstić information content (AvgIpc) is 2.88. The standard InChI is InChI=1S/C15H20N2O2S2/c1-3-4-11-16-13-6-8-14(9-7-13)17-21(18,19)15-10-5-12(2)20-15/h5-10,16-17H,3-4,11H2,1-2H3. The molecule has 0 atom stereocenters. The zero-order chi connectivity index (χ0) is 15.3. The summed E-state index contributed by atoms with van der Waals surface area (Å²) in [6.45, 7) is 4.96. The minimum atomic E-state index is -3.48. The zero-order valence-electron chi connectivity index (χ0n) is 12.2. The molecule has 0 spiro atoms. The highest BCUT2D eigenvalue weighted by Gasteiger charge is 2.15. The molecule has 0 bridgehead atoms. The van der Waals surface area contributed by atoms with Crippen LogP contribution in [0, 0.1) is 6.92 Å². The molecule has 4 nitrogen and oxygen atoms in total. The molecule has 0 unspecified atom stereocenters. The van der Waals surface area contributed by atoms with Gasteiger partial charge in [0.05, 0.1) is 0 Å². The van der Waals surface area contributed by atoms with E-state index in [0.29, 0.717) is 9.90 Å². The van der Waals surface area contributed by atoms with Crippen molar-refractivity contribution < 1.29 is 8.42 Å². The monoisotopic (exact) mass is 324 g/mol. The third-order valence-electron chi connectivity index (χ3n) is 2.98. The predicted octanol–water partition coefficient (Wildman–Crippen LogP) is 4.07. The van der Waals surface area contributed by atoms with E-state index in [9.17, 15) is 8.42 Å². The van der Waals surface area contributed by atoms with Gasteiger partial charge in [0.2, 0.25) is 0 Å². The lowest BCUT2D eigenvalue weighted by molar-refractivity contribution is 0.603. The fourth-order valence-electron chi connectivity index (χ4n) is 1.83. The van der Waals surface area contributed by atoms with Crippen molar-refractivity contribution in [1.82, 2.24) is 0 Å². The Morgan fingerprint density at radius 2 is 1.71 bits per heavy atom. The third kappa shape index (κ3) is 4.47. The normalized spacial score (nSPS) is 11.3. The molecule has 21 heavy (non-hydrogen) atoms. The zero-order valence-corrected chi connectivity index (χ0v) is 13.9. The van der Waals surface area contributed by atoms with E-state index >= 15 is 0 Å². The number of aryl methyl sites for hydroxylation is 1. The van der Waals surface area contributed by atoms with Crippen molar-refractivity contribution in [2.24, 2.45) is 0 Å². The van der Waals surface area contributed by atoms with Crippen LogP contribution in [0.4, 0.5) is 11.4 Å². The molecule has 114 valence electrons. The maximum atomic E-state index is 12.2. The van der Waals surface area contributed by atoms with Gasteiger partial charge in [-0.25, -0.2) is 8.42 Å². The van der Waals surface area contributed by atoms with Crippen molar-refractivity contribution in [3.8, 4) is 0 Å². The van der Waals surface area contributed by atoms with E-state index in [-0.39, 0.29) is 0 Å². The van der Waals surface area contributed by atoms with E-state index in [1.54, 1.807) is 24.3 Å². The van der Waals surface area contributed by atoms with Crippen molar-refractivity contribution in [3.63, 3.8) is 0 Å². The second-order valence-electron chi connectivity index (χ2n) is 4.83. The summed E-state index contributed by atoms with van der Waals surface area (Å²) in [6.07, 6.45) is 2.26. The fraction of sp³-hybridized carbons (Fsp3) is 0.333. The van der Waals surface area contributed by atoms with E-state index in [2.05, 4.69) is 17.0 Å². The maximum Gasteiger partial charge on any atom is 0.271 e. The van der Waals surface area contributed by atoms with Gasteiger partial charge in [-0.15, -0.1) is 11.3 Å². The van der Waals surface area contributed by atoms with Gasteiger partial charge < -0.3 is 5.32 Å². The van der Waals surface area contributed by atoms with Crippen LogP contribution in [-0.2, 0) is 10.0 Å². The first-order chi connectivity index (χ1) is 10.0. The lowest BCUT2D eigenvalue weighted by atomic mass is 10.2. The van der Waals surface area contributed by atoms with Crippen LogP contribution in [0.3, 0.4) is 0 Å². The van der Waals surface area contributed by atoms with Crippen LogP contribution in [0.1, 0.15) is 24.6 Å². The number of anilines is 2. The van der Waals surface area contributed by atoms with Crippen molar-refractivity contribution in [2.45, 2.75) is 30.9 Å². The van der Waals surface area contributed by atoms with Crippen LogP contribution in [0.5, 0.6) is 0 Å². The Bertz CT molecular complexity index is 676. The van der Waals surface area contributed by atoms with Gasteiger partial charge in [0.25, 0.3) is 10.0 Å². The molecular formula is C15H20N2O2S2. The minimum Gasteiger partial charge on any atom is -0.385 e. The van der Waals surface area contributed by atoms with E-state index in [0.717, 1.165) is 30.0 Å². The predicted molar refractivity (Wildman–Crippen MR) is 89.7 cm³/mol. The van der Waals surface area contributed by atoms with Crippen molar-refractivity contribution in [3.05, 3.63) is 41.3 Å². The van der Waals surface area contributed by atoms with Crippen LogP contribution in [0.15, 0.2) is 40.6 Å². The molecule has 2 rings (SSSR count). The Labute approximate surface area is 130 Å². The molecule has 0 saturated heterocycles. The molecule has 0 aliphatic heterocycles. The summed E-state index contributed by atoms with van der Waals surface area (Å²) in [6, 6.07) is 10.7. The molecule has 0 aliphatic carbocycles. The molecule has 0 amide bonds. The van der Waals surface area contributed by atoms with Crippen LogP contribution >= 0.6 is 11.3 Å². The van der Waals surface area contributed by atoms with Gasteiger partial charge in [0, 0.05) is 22.8 Å². The SMILES string of the molecule is CCCCNc1ccc(NS(=O)(=O)c2ccc(C)s2)cc1. The van der Waals surface area contributed by atoms with Crippen LogP contribution in [0.2, 0.25) is 0 Å². The number of thiophene rings is 1. The van der Waals surface area contributed by atoms with E-state index in [1.165, 1.54) is 11.3 Å². The topological polar surface area (TPSA) is 58.2 Å². The Morgan fingerprint density at radius 1 is 1.05 bits per heavy atom. The quantitative estimate of drug-likeness (QED) is 0.755. The summed E-state index contributed by atoms with van der Waals surface area (Å²) in [5, 5.41) is 3.30. The Morgan fingerprint density at radius 3 is 2.29 bits per heavy atom. The molecule has 1 aromatic carbocycles. The molecule has 0 aliphatic rings. The Hall–Kier alpha value is -1.53. The smallest absolute Gasteiger partial charge is 0.271 e. The second kappa shape index (κ2) is 6.95. The number of unbranched alkanes of at least 4 members (excludes halogenated alkanes) is 1. The highest BCUT2D eigenvalue weighted by molar-refractivity contribution is 7.94. The van der Waals surface area contributed by atoms with Gasteiger partial charge >= 0.3 is 0 Å². The van der Waals surface area contributed by atoms with Crippen molar-refractivity contribution in [2.75, 3.05) is 16.6 Å². The van der Waals surface area contributed by atoms with Gasteiger partial charge in [0.1, 0.15) is 4.21 Å². The van der Waals surface area contributed by atoms with Gasteiger partial charge in [-0.3, -0.25) is 4.72 Å².